The van der Waals surface area contributed by atoms with Crippen molar-refractivity contribution >= 4 is 28.7 Å². The normalized spacial score (nSPS) is 37.3. The molecule has 3 aliphatic rings. The van der Waals surface area contributed by atoms with Crippen LogP contribution in [0.3, 0.4) is 0 Å². The second kappa shape index (κ2) is 5.66. The quantitative estimate of drug-likeness (QED) is 0.837. The summed E-state index contributed by atoms with van der Waals surface area (Å²) < 4.78 is 0. The van der Waals surface area contributed by atoms with E-state index in [1.54, 1.807) is 0 Å². The van der Waals surface area contributed by atoms with Crippen molar-refractivity contribution in [1.82, 2.24) is 5.32 Å². The summed E-state index contributed by atoms with van der Waals surface area (Å²) in [5, 5.41) is 5.90. The third kappa shape index (κ3) is 2.84. The smallest absolute Gasteiger partial charge is 0.157 e. The molecule has 0 aromatic rings. The van der Waals surface area contributed by atoms with E-state index in [1.165, 1.54) is 62.3 Å². The van der Waals surface area contributed by atoms with Gasteiger partial charge in [0.05, 0.1) is 6.04 Å². The van der Waals surface area contributed by atoms with Crippen LogP contribution < -0.4 is 5.32 Å². The highest BCUT2D eigenvalue weighted by atomic mass is 32.2. The van der Waals surface area contributed by atoms with Crippen molar-refractivity contribution in [3.8, 4) is 0 Å². The van der Waals surface area contributed by atoms with Crippen molar-refractivity contribution in [3.05, 3.63) is 0 Å². The van der Waals surface area contributed by atoms with E-state index in [4.69, 9.17) is 4.99 Å². The van der Waals surface area contributed by atoms with Crippen LogP contribution in [-0.2, 0) is 0 Å². The summed E-state index contributed by atoms with van der Waals surface area (Å²) in [6.45, 7) is 0. The molecule has 1 N–H and O–H groups in total. The Morgan fingerprint density at radius 3 is 2.61 bits per heavy atom. The maximum Gasteiger partial charge on any atom is 0.157 e. The van der Waals surface area contributed by atoms with Crippen LogP contribution in [-0.4, -0.2) is 34.0 Å². The molecule has 2 aliphatic carbocycles. The van der Waals surface area contributed by atoms with Crippen molar-refractivity contribution in [2.45, 2.75) is 68.2 Å². The standard InChI is InChI=1S/C14H24N2S2/c1-17-12-6-4-11(5-7-12)15-13-16-14(10-18-13)8-2-3-9-14/h11-12H,2-10H2,1H3,(H,15,16). The molecule has 1 saturated heterocycles. The second-order valence-electron chi connectivity index (χ2n) is 6.00. The monoisotopic (exact) mass is 284 g/mol. The predicted octanol–water partition coefficient (Wildman–Crippen LogP) is 3.67. The fourth-order valence-corrected chi connectivity index (χ4v) is 5.50. The number of hydrogen-bond donors (Lipinski definition) is 1. The van der Waals surface area contributed by atoms with Gasteiger partial charge < -0.3 is 5.32 Å². The minimum atomic E-state index is 0.431. The van der Waals surface area contributed by atoms with E-state index >= 15 is 0 Å². The maximum absolute atomic E-state index is 4.98. The van der Waals surface area contributed by atoms with Crippen molar-refractivity contribution in [1.29, 1.82) is 0 Å². The van der Waals surface area contributed by atoms with Crippen molar-refractivity contribution in [3.63, 3.8) is 0 Å². The zero-order valence-electron chi connectivity index (χ0n) is 11.3. The first kappa shape index (κ1) is 13.2. The summed E-state index contributed by atoms with van der Waals surface area (Å²) in [7, 11) is 0. The van der Waals surface area contributed by atoms with Crippen molar-refractivity contribution in [2.24, 2.45) is 4.99 Å². The molecule has 2 nitrogen and oxygen atoms in total. The van der Waals surface area contributed by atoms with E-state index in [2.05, 4.69) is 11.6 Å². The van der Waals surface area contributed by atoms with Gasteiger partial charge in [0, 0.05) is 16.5 Å². The second-order valence-corrected chi connectivity index (χ2v) is 8.10. The van der Waals surface area contributed by atoms with Crippen LogP contribution in [0, 0.1) is 0 Å². The molecule has 1 aliphatic heterocycles. The molecule has 3 fully saturated rings. The molecular weight excluding hydrogens is 260 g/mol. The summed E-state index contributed by atoms with van der Waals surface area (Å²) in [6, 6.07) is 0.597. The Balaban J connectivity index is 1.54. The molecule has 0 aromatic heterocycles. The highest BCUT2D eigenvalue weighted by Crippen LogP contribution is 2.38. The number of aliphatic imine (C=N–C) groups is 1. The van der Waals surface area contributed by atoms with E-state index in [1.807, 2.05) is 23.5 Å². The van der Waals surface area contributed by atoms with Gasteiger partial charge in [-0.1, -0.05) is 24.6 Å². The van der Waals surface area contributed by atoms with Crippen molar-refractivity contribution in [2.75, 3.05) is 12.0 Å². The van der Waals surface area contributed by atoms with Crippen LogP contribution in [0.25, 0.3) is 0 Å². The van der Waals surface area contributed by atoms with E-state index in [-0.39, 0.29) is 0 Å². The number of hydrogen-bond acceptors (Lipinski definition) is 3. The lowest BCUT2D eigenvalue weighted by Gasteiger charge is -2.26. The fourth-order valence-electron chi connectivity index (χ4n) is 3.47. The average Bonchev–Trinajstić information content (AvgIpc) is 3.02. The number of nitrogens with one attached hydrogen (secondary N) is 1. The average molecular weight is 284 g/mol. The largest absolute Gasteiger partial charge is 0.359 e. The lowest BCUT2D eigenvalue weighted by Crippen LogP contribution is -2.41. The Morgan fingerprint density at radius 2 is 1.94 bits per heavy atom. The Morgan fingerprint density at radius 1 is 1.22 bits per heavy atom. The number of amidine groups is 1. The topological polar surface area (TPSA) is 24.4 Å². The molecule has 102 valence electrons. The van der Waals surface area contributed by atoms with Gasteiger partial charge in [-0.15, -0.1) is 0 Å². The van der Waals surface area contributed by atoms with Gasteiger partial charge in [0.25, 0.3) is 0 Å². The first-order chi connectivity index (χ1) is 8.80. The van der Waals surface area contributed by atoms with Crippen LogP contribution in [0.2, 0.25) is 0 Å². The van der Waals surface area contributed by atoms with Gasteiger partial charge >= 0.3 is 0 Å². The van der Waals surface area contributed by atoms with E-state index < -0.39 is 0 Å². The van der Waals surface area contributed by atoms with Crippen LogP contribution in [0.15, 0.2) is 4.99 Å². The fraction of sp³-hybridized carbons (Fsp3) is 0.929. The summed E-state index contributed by atoms with van der Waals surface area (Å²) in [4.78, 5) is 4.98. The third-order valence-corrected chi connectivity index (χ3v) is 7.01. The van der Waals surface area contributed by atoms with Gasteiger partial charge in [0.1, 0.15) is 0 Å². The van der Waals surface area contributed by atoms with Crippen LogP contribution in [0.4, 0.5) is 0 Å². The predicted molar refractivity (Wildman–Crippen MR) is 83.8 cm³/mol. The van der Waals surface area contributed by atoms with E-state index in [0.29, 0.717) is 11.6 Å². The lowest BCUT2D eigenvalue weighted by atomic mass is 9.95. The molecule has 0 atom stereocenters. The van der Waals surface area contributed by atoms with Crippen LogP contribution in [0.1, 0.15) is 51.4 Å². The molecule has 3 rings (SSSR count). The summed E-state index contributed by atoms with van der Waals surface area (Å²) in [5.41, 5.74) is 0.431. The van der Waals surface area contributed by atoms with Gasteiger partial charge in [0.2, 0.25) is 0 Å². The lowest BCUT2D eigenvalue weighted by molar-refractivity contribution is 0.438. The number of thioether (sulfide) groups is 2. The minimum Gasteiger partial charge on any atom is -0.359 e. The summed E-state index contributed by atoms with van der Waals surface area (Å²) in [6.07, 6.45) is 13.1. The zero-order chi connectivity index (χ0) is 12.4. The van der Waals surface area contributed by atoms with Gasteiger partial charge in [0.15, 0.2) is 5.17 Å². The van der Waals surface area contributed by atoms with E-state index in [0.717, 1.165) is 5.25 Å². The summed E-state index contributed by atoms with van der Waals surface area (Å²) in [5.74, 6) is 1.26. The Labute approximate surface area is 119 Å². The molecule has 1 spiro atoms. The van der Waals surface area contributed by atoms with Gasteiger partial charge in [-0.05, 0) is 44.8 Å². The maximum atomic E-state index is 4.98. The van der Waals surface area contributed by atoms with E-state index in [9.17, 15) is 0 Å². The molecule has 0 radical (unpaired) electrons. The first-order valence-electron chi connectivity index (χ1n) is 7.31. The molecule has 0 aromatic carbocycles. The highest BCUT2D eigenvalue weighted by Gasteiger charge is 2.39. The molecule has 18 heavy (non-hydrogen) atoms. The number of rotatable bonds is 2. The van der Waals surface area contributed by atoms with Gasteiger partial charge in [-0.2, -0.15) is 11.8 Å². The Kier molecular flexibility index (Phi) is 4.14. The molecule has 2 saturated carbocycles. The third-order valence-electron chi connectivity index (χ3n) is 4.69. The number of nitrogens with zero attached hydrogens (tertiary/aromatic N) is 1. The molecule has 0 amide bonds. The van der Waals surface area contributed by atoms with Gasteiger partial charge in [-0.25, -0.2) is 0 Å². The molecular formula is C14H24N2S2. The minimum absolute atomic E-state index is 0.431. The molecule has 0 bridgehead atoms. The zero-order valence-corrected chi connectivity index (χ0v) is 12.9. The van der Waals surface area contributed by atoms with Gasteiger partial charge in [-0.3, -0.25) is 4.99 Å². The summed E-state index contributed by atoms with van der Waals surface area (Å²) >= 11 is 4.01. The highest BCUT2D eigenvalue weighted by molar-refractivity contribution is 8.14. The van der Waals surface area contributed by atoms with Crippen molar-refractivity contribution < 1.29 is 0 Å². The molecule has 1 heterocycles. The first-order valence-corrected chi connectivity index (χ1v) is 9.59. The van der Waals surface area contributed by atoms with Crippen LogP contribution in [0.5, 0.6) is 0 Å². The van der Waals surface area contributed by atoms with Crippen LogP contribution >= 0.6 is 23.5 Å². The molecule has 4 heteroatoms. The molecule has 0 unspecified atom stereocenters. The Hall–Kier alpha value is 0.170. The SMILES string of the molecule is CSC1CCC(N=C2NC3(CCCC3)CS2)CC1. The Bertz CT molecular complexity index is 316.